The molecule has 0 heterocycles. The van der Waals surface area contributed by atoms with Crippen LogP contribution in [0.25, 0.3) is 0 Å². The maximum absolute atomic E-state index is 12.5. The Bertz CT molecular complexity index is 479. The predicted octanol–water partition coefficient (Wildman–Crippen LogP) is 3.04. The molecule has 0 unspecified atom stereocenters. The van der Waals surface area contributed by atoms with Crippen molar-refractivity contribution in [3.8, 4) is 0 Å². The van der Waals surface area contributed by atoms with Gasteiger partial charge < -0.3 is 14.6 Å². The van der Waals surface area contributed by atoms with Gasteiger partial charge in [0.2, 0.25) is 0 Å². The van der Waals surface area contributed by atoms with Gasteiger partial charge in [-0.1, -0.05) is 13.3 Å². The van der Waals surface area contributed by atoms with Crippen molar-refractivity contribution >= 4 is 11.9 Å². The molecule has 0 amide bonds. The van der Waals surface area contributed by atoms with E-state index in [0.717, 1.165) is 19.3 Å². The van der Waals surface area contributed by atoms with Crippen molar-refractivity contribution < 1.29 is 50.5 Å². The number of rotatable bonds is 5. The number of ether oxygens (including phenoxy) is 2. The number of hydrogen-bond acceptors (Lipinski definition) is 5. The summed E-state index contributed by atoms with van der Waals surface area (Å²) < 4.78 is 83.7. The zero-order chi connectivity index (χ0) is 19.5. The summed E-state index contributed by atoms with van der Waals surface area (Å²) in [4.78, 5) is 22.8. The van der Waals surface area contributed by atoms with Crippen LogP contribution in [-0.4, -0.2) is 47.2 Å². The minimum atomic E-state index is -6.36. The normalized spacial score (nSPS) is 18.6. The van der Waals surface area contributed by atoms with Crippen molar-refractivity contribution in [1.82, 2.24) is 0 Å². The molecular weight excluding hydrogens is 362 g/mol. The zero-order valence-electron chi connectivity index (χ0n) is 13.3. The van der Waals surface area contributed by atoms with E-state index in [4.69, 9.17) is 9.84 Å². The van der Waals surface area contributed by atoms with E-state index in [-0.39, 0.29) is 0 Å². The summed E-state index contributed by atoms with van der Waals surface area (Å²) in [7, 11) is 0. The zero-order valence-corrected chi connectivity index (χ0v) is 13.3. The third-order valence-electron chi connectivity index (χ3n) is 4.18. The summed E-state index contributed by atoms with van der Waals surface area (Å²) in [6.45, 7) is 0.256. The van der Waals surface area contributed by atoms with Gasteiger partial charge in [0.25, 0.3) is 0 Å². The number of alkyl halides is 6. The standard InChI is InChI=1S/C14H18F6O5/c1-2-11(6-4-3-5-7-11)25-9(21)8-24-10(22)12(23,13(15,16)17)14(18,19)20/h23H,2-8H2,1H3. The summed E-state index contributed by atoms with van der Waals surface area (Å²) in [5.74, 6) is -4.30. The van der Waals surface area contributed by atoms with E-state index in [0.29, 0.717) is 19.3 Å². The fourth-order valence-electron chi connectivity index (χ4n) is 2.62. The third-order valence-corrected chi connectivity index (χ3v) is 4.18. The first-order valence-electron chi connectivity index (χ1n) is 7.54. The fraction of sp³-hybridized carbons (Fsp3) is 0.857. The molecule has 1 saturated carbocycles. The molecule has 146 valence electrons. The van der Waals surface area contributed by atoms with Gasteiger partial charge in [0.1, 0.15) is 5.60 Å². The molecule has 0 aromatic carbocycles. The summed E-state index contributed by atoms with van der Waals surface area (Å²) in [5.41, 5.74) is -6.58. The van der Waals surface area contributed by atoms with Gasteiger partial charge in [-0.25, -0.2) is 9.59 Å². The molecule has 0 radical (unpaired) electrons. The predicted molar refractivity (Wildman–Crippen MR) is 70.2 cm³/mol. The lowest BCUT2D eigenvalue weighted by Crippen LogP contribution is -2.63. The minimum absolute atomic E-state index is 0.404. The highest BCUT2D eigenvalue weighted by Gasteiger charge is 2.76. The van der Waals surface area contributed by atoms with E-state index in [2.05, 4.69) is 4.74 Å². The molecule has 1 N–H and O–H groups in total. The van der Waals surface area contributed by atoms with Crippen molar-refractivity contribution in [3.05, 3.63) is 0 Å². The van der Waals surface area contributed by atoms with E-state index >= 15 is 0 Å². The van der Waals surface area contributed by atoms with E-state index in [1.54, 1.807) is 6.92 Å². The molecule has 0 saturated heterocycles. The first-order chi connectivity index (χ1) is 11.3. The maximum atomic E-state index is 12.5. The van der Waals surface area contributed by atoms with E-state index < -0.39 is 42.1 Å². The van der Waals surface area contributed by atoms with Gasteiger partial charge in [-0.05, 0) is 32.1 Å². The Kier molecular flexibility index (Phi) is 6.36. The number of halogens is 6. The van der Waals surface area contributed by atoms with Crippen LogP contribution >= 0.6 is 0 Å². The maximum Gasteiger partial charge on any atom is 0.437 e. The highest BCUT2D eigenvalue weighted by Crippen LogP contribution is 2.43. The molecule has 25 heavy (non-hydrogen) atoms. The molecule has 1 fully saturated rings. The number of hydrogen-bond donors (Lipinski definition) is 1. The number of carbonyl (C=O) groups excluding carboxylic acids is 2. The summed E-state index contributed by atoms with van der Waals surface area (Å²) in [6, 6.07) is 0. The van der Waals surface area contributed by atoms with Crippen LogP contribution in [-0.2, 0) is 19.1 Å². The molecule has 1 aliphatic rings. The summed E-state index contributed by atoms with van der Waals surface area (Å²) in [6.07, 6.45) is -8.90. The summed E-state index contributed by atoms with van der Waals surface area (Å²) >= 11 is 0. The Balaban J connectivity index is 2.75. The highest BCUT2D eigenvalue weighted by atomic mass is 19.4. The third kappa shape index (κ3) is 4.56. The van der Waals surface area contributed by atoms with Crippen LogP contribution in [0.1, 0.15) is 45.4 Å². The molecule has 1 rings (SSSR count). The smallest absolute Gasteiger partial charge is 0.437 e. The molecule has 0 aromatic rings. The lowest BCUT2D eigenvalue weighted by Gasteiger charge is -2.36. The van der Waals surface area contributed by atoms with Gasteiger partial charge in [0.15, 0.2) is 6.61 Å². The van der Waals surface area contributed by atoms with Crippen LogP contribution in [0.4, 0.5) is 26.3 Å². The Hall–Kier alpha value is -1.52. The number of aliphatic hydroxyl groups is 1. The average Bonchev–Trinajstić information content (AvgIpc) is 2.50. The quantitative estimate of drug-likeness (QED) is 0.586. The Labute approximate surface area is 139 Å². The van der Waals surface area contributed by atoms with Gasteiger partial charge in [-0.15, -0.1) is 0 Å². The first-order valence-corrected chi connectivity index (χ1v) is 7.54. The molecule has 0 bridgehead atoms. The largest absolute Gasteiger partial charge is 0.457 e. The average molecular weight is 380 g/mol. The SMILES string of the molecule is CCC1(OC(=O)COC(=O)C(O)(C(F)(F)F)C(F)(F)F)CCCCC1. The topological polar surface area (TPSA) is 72.8 Å². The van der Waals surface area contributed by atoms with Gasteiger partial charge >= 0.3 is 29.9 Å². The highest BCUT2D eigenvalue weighted by molar-refractivity contribution is 5.84. The second kappa shape index (κ2) is 7.38. The molecule has 0 aromatic heterocycles. The van der Waals surface area contributed by atoms with Gasteiger partial charge in [-0.3, -0.25) is 0 Å². The molecule has 5 nitrogen and oxygen atoms in total. The van der Waals surface area contributed by atoms with Crippen molar-refractivity contribution in [1.29, 1.82) is 0 Å². The van der Waals surface area contributed by atoms with E-state index in [1.807, 2.05) is 0 Å². The Morgan fingerprint density at radius 2 is 1.48 bits per heavy atom. The van der Waals surface area contributed by atoms with Crippen LogP contribution < -0.4 is 0 Å². The van der Waals surface area contributed by atoms with Crippen LogP contribution in [0.5, 0.6) is 0 Å². The minimum Gasteiger partial charge on any atom is -0.457 e. The van der Waals surface area contributed by atoms with Crippen molar-refractivity contribution in [2.45, 2.75) is 69.0 Å². The molecule has 0 atom stereocenters. The lowest BCUT2D eigenvalue weighted by atomic mass is 9.83. The van der Waals surface area contributed by atoms with Crippen LogP contribution in [0.3, 0.4) is 0 Å². The second-order valence-corrected chi connectivity index (χ2v) is 5.85. The fourth-order valence-corrected chi connectivity index (χ4v) is 2.62. The molecule has 0 aliphatic heterocycles. The van der Waals surface area contributed by atoms with Gasteiger partial charge in [0, 0.05) is 0 Å². The molecule has 1 aliphatic carbocycles. The Morgan fingerprint density at radius 1 is 1.00 bits per heavy atom. The lowest BCUT2D eigenvalue weighted by molar-refractivity contribution is -0.356. The van der Waals surface area contributed by atoms with E-state index in [9.17, 15) is 35.9 Å². The van der Waals surface area contributed by atoms with E-state index in [1.165, 1.54) is 0 Å². The van der Waals surface area contributed by atoms with Gasteiger partial charge in [0.05, 0.1) is 0 Å². The van der Waals surface area contributed by atoms with Gasteiger partial charge in [-0.2, -0.15) is 26.3 Å². The Morgan fingerprint density at radius 3 is 1.88 bits per heavy atom. The van der Waals surface area contributed by atoms with Crippen molar-refractivity contribution in [2.24, 2.45) is 0 Å². The van der Waals surface area contributed by atoms with Crippen molar-refractivity contribution in [3.63, 3.8) is 0 Å². The number of carbonyl (C=O) groups is 2. The monoisotopic (exact) mass is 380 g/mol. The molecule has 11 heteroatoms. The first kappa shape index (κ1) is 21.5. The summed E-state index contributed by atoms with van der Waals surface area (Å²) in [5, 5.41) is 8.81. The number of esters is 2. The van der Waals surface area contributed by atoms with Crippen LogP contribution in [0, 0.1) is 0 Å². The second-order valence-electron chi connectivity index (χ2n) is 5.85. The van der Waals surface area contributed by atoms with Crippen LogP contribution in [0.15, 0.2) is 0 Å². The molecule has 0 spiro atoms. The molecular formula is C14H18F6O5. The van der Waals surface area contributed by atoms with Crippen molar-refractivity contribution in [2.75, 3.05) is 6.61 Å². The van der Waals surface area contributed by atoms with Crippen LogP contribution in [0.2, 0.25) is 0 Å².